The molecule has 0 fully saturated rings. The summed E-state index contributed by atoms with van der Waals surface area (Å²) in [5, 5.41) is 2.85. The largest absolute Gasteiger partial charge is 0.494 e. The molecule has 1 amide bonds. The number of aryl methyl sites for hydroxylation is 2. The van der Waals surface area contributed by atoms with E-state index in [1.165, 1.54) is 12.1 Å². The van der Waals surface area contributed by atoms with Gasteiger partial charge in [0.15, 0.2) is 0 Å². The number of rotatable bonds is 8. The molecule has 2 aromatic carbocycles. The van der Waals surface area contributed by atoms with Crippen LogP contribution in [0, 0.1) is 19.7 Å². The summed E-state index contributed by atoms with van der Waals surface area (Å²) in [6.45, 7) is 4.74. The molecular formula is C22H23FN2O3. The van der Waals surface area contributed by atoms with Gasteiger partial charge in [-0.3, -0.25) is 4.79 Å². The summed E-state index contributed by atoms with van der Waals surface area (Å²) in [6.07, 6.45) is 0.815. The Morgan fingerprint density at radius 3 is 2.71 bits per heavy atom. The van der Waals surface area contributed by atoms with Crippen LogP contribution in [0.4, 0.5) is 4.39 Å². The van der Waals surface area contributed by atoms with Gasteiger partial charge in [0, 0.05) is 12.1 Å². The van der Waals surface area contributed by atoms with E-state index in [0.717, 1.165) is 11.1 Å². The minimum absolute atomic E-state index is 0.117. The number of nitrogens with zero attached hydrogens (tertiary/aromatic N) is 1. The first-order valence-corrected chi connectivity index (χ1v) is 9.19. The Balaban J connectivity index is 1.44. The van der Waals surface area contributed by atoms with Crippen LogP contribution in [0.5, 0.6) is 5.75 Å². The smallest absolute Gasteiger partial charge is 0.226 e. The molecule has 0 saturated carbocycles. The predicted molar refractivity (Wildman–Crippen MR) is 105 cm³/mol. The highest BCUT2D eigenvalue weighted by Gasteiger charge is 2.14. The molecule has 146 valence electrons. The molecule has 0 unspecified atom stereocenters. The number of hydrogen-bond acceptors (Lipinski definition) is 4. The second kappa shape index (κ2) is 9.17. The molecule has 0 saturated heterocycles. The molecule has 0 bridgehead atoms. The number of nitrogens with one attached hydrogen (secondary N) is 1. The summed E-state index contributed by atoms with van der Waals surface area (Å²) >= 11 is 0. The highest BCUT2D eigenvalue weighted by molar-refractivity contribution is 5.78. The van der Waals surface area contributed by atoms with Crippen molar-refractivity contribution in [1.82, 2.24) is 10.3 Å². The number of ether oxygens (including phenoxy) is 1. The molecule has 0 aliphatic carbocycles. The quantitative estimate of drug-likeness (QED) is 0.592. The zero-order valence-electron chi connectivity index (χ0n) is 16.0. The van der Waals surface area contributed by atoms with E-state index in [2.05, 4.69) is 10.3 Å². The standard InChI is InChI=1S/C22H23FN2O3/c1-15-5-3-6-17(13-15)22-25-20(16(2)28-22)14-21(26)24-11-4-12-27-19-9-7-18(23)8-10-19/h3,5-10,13H,4,11-12,14H2,1-2H3,(H,24,26). The third-order valence-electron chi connectivity index (χ3n) is 4.21. The van der Waals surface area contributed by atoms with Gasteiger partial charge in [-0.25, -0.2) is 9.37 Å². The third kappa shape index (κ3) is 5.42. The molecule has 0 aliphatic rings. The lowest BCUT2D eigenvalue weighted by atomic mass is 10.1. The summed E-state index contributed by atoms with van der Waals surface area (Å²) < 4.78 is 24.0. The monoisotopic (exact) mass is 382 g/mol. The topological polar surface area (TPSA) is 64.4 Å². The Hall–Kier alpha value is -3.15. The van der Waals surface area contributed by atoms with E-state index < -0.39 is 0 Å². The first kappa shape index (κ1) is 19.6. The van der Waals surface area contributed by atoms with E-state index in [1.807, 2.05) is 38.1 Å². The number of hydrogen-bond donors (Lipinski definition) is 1. The Labute approximate surface area is 163 Å². The van der Waals surface area contributed by atoms with Crippen molar-refractivity contribution < 1.29 is 18.3 Å². The molecule has 0 spiro atoms. The van der Waals surface area contributed by atoms with Crippen LogP contribution in [0.25, 0.3) is 11.5 Å². The number of halogens is 1. The van der Waals surface area contributed by atoms with Crippen LogP contribution in [0.1, 0.15) is 23.4 Å². The Kier molecular flexibility index (Phi) is 6.42. The van der Waals surface area contributed by atoms with E-state index in [1.54, 1.807) is 12.1 Å². The molecule has 6 heteroatoms. The lowest BCUT2D eigenvalue weighted by Gasteiger charge is -2.07. The van der Waals surface area contributed by atoms with Crippen LogP contribution < -0.4 is 10.1 Å². The summed E-state index contributed by atoms with van der Waals surface area (Å²) in [7, 11) is 0. The molecule has 3 aromatic rings. The molecular weight excluding hydrogens is 359 g/mol. The van der Waals surface area contributed by atoms with Crippen LogP contribution in [0.3, 0.4) is 0 Å². The normalized spacial score (nSPS) is 10.7. The fourth-order valence-corrected chi connectivity index (χ4v) is 2.73. The van der Waals surface area contributed by atoms with Crippen molar-refractivity contribution in [2.75, 3.05) is 13.2 Å². The summed E-state index contributed by atoms with van der Waals surface area (Å²) in [5.41, 5.74) is 2.65. The van der Waals surface area contributed by atoms with Crippen molar-refractivity contribution in [3.8, 4) is 17.2 Å². The zero-order valence-corrected chi connectivity index (χ0v) is 16.0. The third-order valence-corrected chi connectivity index (χ3v) is 4.21. The van der Waals surface area contributed by atoms with E-state index in [9.17, 15) is 9.18 Å². The van der Waals surface area contributed by atoms with E-state index in [-0.39, 0.29) is 18.1 Å². The number of oxazole rings is 1. The van der Waals surface area contributed by atoms with Crippen molar-refractivity contribution in [1.29, 1.82) is 0 Å². The maximum absolute atomic E-state index is 12.8. The second-order valence-corrected chi connectivity index (χ2v) is 6.57. The first-order valence-electron chi connectivity index (χ1n) is 9.19. The number of amides is 1. The van der Waals surface area contributed by atoms with Gasteiger partial charge in [-0.2, -0.15) is 0 Å². The SMILES string of the molecule is Cc1cccc(-c2nc(CC(=O)NCCCOc3ccc(F)cc3)c(C)o2)c1. The molecule has 0 atom stereocenters. The lowest BCUT2D eigenvalue weighted by molar-refractivity contribution is -0.120. The molecule has 1 N–H and O–H groups in total. The van der Waals surface area contributed by atoms with Crippen LogP contribution in [0.2, 0.25) is 0 Å². The first-order chi connectivity index (χ1) is 13.5. The Bertz CT molecular complexity index is 935. The van der Waals surface area contributed by atoms with E-state index >= 15 is 0 Å². The fourth-order valence-electron chi connectivity index (χ4n) is 2.73. The molecule has 5 nitrogen and oxygen atoms in total. The lowest BCUT2D eigenvalue weighted by Crippen LogP contribution is -2.27. The molecule has 3 rings (SSSR count). The molecule has 1 heterocycles. The van der Waals surface area contributed by atoms with Crippen molar-refractivity contribution in [3.63, 3.8) is 0 Å². The summed E-state index contributed by atoms with van der Waals surface area (Å²) in [6, 6.07) is 13.7. The molecule has 28 heavy (non-hydrogen) atoms. The van der Waals surface area contributed by atoms with Crippen molar-refractivity contribution in [2.45, 2.75) is 26.7 Å². The van der Waals surface area contributed by atoms with Crippen LogP contribution in [0.15, 0.2) is 52.9 Å². The second-order valence-electron chi connectivity index (χ2n) is 6.57. The number of benzene rings is 2. The average molecular weight is 382 g/mol. The van der Waals surface area contributed by atoms with Gasteiger partial charge >= 0.3 is 0 Å². The van der Waals surface area contributed by atoms with Crippen LogP contribution in [-0.2, 0) is 11.2 Å². The van der Waals surface area contributed by atoms with Gasteiger partial charge in [-0.15, -0.1) is 0 Å². The van der Waals surface area contributed by atoms with Gasteiger partial charge in [0.05, 0.1) is 18.7 Å². The van der Waals surface area contributed by atoms with Gasteiger partial charge in [0.2, 0.25) is 11.8 Å². The molecule has 1 aromatic heterocycles. The number of carbonyl (C=O) groups is 1. The minimum atomic E-state index is -0.298. The zero-order chi connectivity index (χ0) is 19.9. The number of carbonyl (C=O) groups excluding carboxylic acids is 1. The minimum Gasteiger partial charge on any atom is -0.494 e. The maximum Gasteiger partial charge on any atom is 0.226 e. The van der Waals surface area contributed by atoms with E-state index in [4.69, 9.17) is 9.15 Å². The van der Waals surface area contributed by atoms with Gasteiger partial charge < -0.3 is 14.5 Å². The van der Waals surface area contributed by atoms with E-state index in [0.29, 0.717) is 42.7 Å². The number of aromatic nitrogens is 1. The fraction of sp³-hybridized carbons (Fsp3) is 0.273. The average Bonchev–Trinajstić information content (AvgIpc) is 3.03. The van der Waals surface area contributed by atoms with Gasteiger partial charge in [-0.1, -0.05) is 17.7 Å². The summed E-state index contributed by atoms with van der Waals surface area (Å²) in [4.78, 5) is 16.6. The van der Waals surface area contributed by atoms with Gasteiger partial charge in [0.25, 0.3) is 0 Å². The highest BCUT2D eigenvalue weighted by Crippen LogP contribution is 2.22. The Morgan fingerprint density at radius 1 is 1.18 bits per heavy atom. The summed E-state index contributed by atoms with van der Waals surface area (Å²) in [5.74, 6) is 1.36. The van der Waals surface area contributed by atoms with Crippen molar-refractivity contribution in [2.24, 2.45) is 0 Å². The maximum atomic E-state index is 12.8. The highest BCUT2D eigenvalue weighted by atomic mass is 19.1. The van der Waals surface area contributed by atoms with Crippen LogP contribution >= 0.6 is 0 Å². The van der Waals surface area contributed by atoms with Gasteiger partial charge in [0.1, 0.15) is 17.3 Å². The van der Waals surface area contributed by atoms with Crippen molar-refractivity contribution in [3.05, 3.63) is 71.4 Å². The molecule has 0 aliphatic heterocycles. The van der Waals surface area contributed by atoms with Crippen molar-refractivity contribution >= 4 is 5.91 Å². The van der Waals surface area contributed by atoms with Gasteiger partial charge in [-0.05, 0) is 56.7 Å². The van der Waals surface area contributed by atoms with Crippen LogP contribution in [-0.4, -0.2) is 24.0 Å². The molecule has 0 radical (unpaired) electrons. The Morgan fingerprint density at radius 2 is 1.96 bits per heavy atom. The predicted octanol–water partition coefficient (Wildman–Crippen LogP) is 4.23.